The van der Waals surface area contributed by atoms with Crippen molar-refractivity contribution in [2.75, 3.05) is 6.54 Å². The first-order valence-corrected chi connectivity index (χ1v) is 10.9. The number of amides is 2. The summed E-state index contributed by atoms with van der Waals surface area (Å²) in [5.74, 6) is -0.515. The van der Waals surface area contributed by atoms with Gasteiger partial charge in [-0.3, -0.25) is 19.5 Å². The minimum atomic E-state index is -0.258. The lowest BCUT2D eigenvalue weighted by molar-refractivity contribution is -0.138. The average molecular weight is 426 g/mol. The third kappa shape index (κ3) is 4.19. The van der Waals surface area contributed by atoms with Gasteiger partial charge in [0.25, 0.3) is 11.8 Å². The number of rotatable bonds is 7. The van der Waals surface area contributed by atoms with Gasteiger partial charge in [-0.05, 0) is 49.1 Å². The molecule has 5 heteroatoms. The molecule has 0 N–H and O–H groups in total. The highest BCUT2D eigenvalue weighted by atomic mass is 16.2. The lowest BCUT2D eigenvalue weighted by Crippen LogP contribution is -2.34. The molecule has 2 amide bonds. The maximum Gasteiger partial charge on any atom is 0.278 e. The Morgan fingerprint density at radius 1 is 0.906 bits per heavy atom. The van der Waals surface area contributed by atoms with Crippen LogP contribution in [0.5, 0.6) is 0 Å². The molecule has 3 aromatic rings. The summed E-state index contributed by atoms with van der Waals surface area (Å²) in [6.07, 6.45) is 3.37. The quantitative estimate of drug-likeness (QED) is 0.523. The summed E-state index contributed by atoms with van der Waals surface area (Å²) < 4.78 is 0. The van der Waals surface area contributed by atoms with E-state index < -0.39 is 0 Å². The van der Waals surface area contributed by atoms with Crippen molar-refractivity contribution in [2.45, 2.75) is 33.9 Å². The maximum atomic E-state index is 13.7. The van der Waals surface area contributed by atoms with Gasteiger partial charge in [-0.15, -0.1) is 0 Å². The molecule has 2 aromatic carbocycles. The van der Waals surface area contributed by atoms with Crippen LogP contribution in [0.25, 0.3) is 5.57 Å². The Kier molecular flexibility index (Phi) is 6.17. The van der Waals surface area contributed by atoms with E-state index in [1.165, 1.54) is 4.90 Å². The van der Waals surface area contributed by atoms with Gasteiger partial charge < -0.3 is 4.90 Å². The maximum absolute atomic E-state index is 13.7. The minimum absolute atomic E-state index is 0.201. The third-order valence-electron chi connectivity index (χ3n) is 5.77. The monoisotopic (exact) mass is 425 g/mol. The topological polar surface area (TPSA) is 53.5 Å². The summed E-state index contributed by atoms with van der Waals surface area (Å²) in [5.41, 5.74) is 5.77. The molecule has 1 aromatic heterocycles. The normalized spacial score (nSPS) is 13.8. The smallest absolute Gasteiger partial charge is 0.278 e. The SMILES string of the molecule is CCN(Cc1ccccc1)C1=C(c2ccc(C)cc2C)C(=O)N(Cc2cccnc2)C1=O. The fourth-order valence-corrected chi connectivity index (χ4v) is 4.16. The van der Waals surface area contributed by atoms with Gasteiger partial charge in [0.2, 0.25) is 0 Å². The Morgan fingerprint density at radius 2 is 1.66 bits per heavy atom. The largest absolute Gasteiger partial charge is 0.362 e. The van der Waals surface area contributed by atoms with Gasteiger partial charge in [0, 0.05) is 25.5 Å². The summed E-state index contributed by atoms with van der Waals surface area (Å²) >= 11 is 0. The zero-order chi connectivity index (χ0) is 22.7. The third-order valence-corrected chi connectivity index (χ3v) is 5.77. The molecule has 2 heterocycles. The van der Waals surface area contributed by atoms with E-state index in [9.17, 15) is 9.59 Å². The number of aromatic nitrogens is 1. The van der Waals surface area contributed by atoms with E-state index in [1.54, 1.807) is 12.4 Å². The number of benzene rings is 2. The van der Waals surface area contributed by atoms with E-state index in [1.807, 2.05) is 80.3 Å². The minimum Gasteiger partial charge on any atom is -0.362 e. The molecule has 1 aliphatic heterocycles. The predicted octanol–water partition coefficient (Wildman–Crippen LogP) is 4.50. The standard InChI is InChI=1S/C27H27N3O2/c1-4-29(17-21-9-6-5-7-10-21)25-24(23-13-12-19(2)15-20(23)3)26(31)30(27(25)32)18-22-11-8-14-28-16-22/h5-16H,4,17-18H2,1-3H3. The molecule has 0 atom stereocenters. The first kappa shape index (κ1) is 21.5. The molecule has 32 heavy (non-hydrogen) atoms. The number of hydrogen-bond donors (Lipinski definition) is 0. The van der Waals surface area contributed by atoms with Crippen molar-refractivity contribution in [3.63, 3.8) is 0 Å². The number of aryl methyl sites for hydroxylation is 2. The highest BCUT2D eigenvalue weighted by Gasteiger charge is 2.41. The molecule has 0 bridgehead atoms. The second-order valence-corrected chi connectivity index (χ2v) is 8.10. The molecule has 1 aliphatic rings. The summed E-state index contributed by atoms with van der Waals surface area (Å²) in [6, 6.07) is 19.7. The Balaban J connectivity index is 1.80. The van der Waals surface area contributed by atoms with Crippen molar-refractivity contribution in [1.29, 1.82) is 0 Å². The first-order valence-electron chi connectivity index (χ1n) is 10.9. The van der Waals surface area contributed by atoms with Crippen LogP contribution >= 0.6 is 0 Å². The van der Waals surface area contributed by atoms with Crippen LogP contribution in [0.15, 0.2) is 78.8 Å². The van der Waals surface area contributed by atoms with Crippen molar-refractivity contribution in [1.82, 2.24) is 14.8 Å². The number of imide groups is 1. The number of pyridine rings is 1. The summed E-state index contributed by atoms with van der Waals surface area (Å²) in [5, 5.41) is 0. The second kappa shape index (κ2) is 9.18. The zero-order valence-electron chi connectivity index (χ0n) is 18.7. The number of hydrogen-bond acceptors (Lipinski definition) is 4. The fourth-order valence-electron chi connectivity index (χ4n) is 4.16. The summed E-state index contributed by atoms with van der Waals surface area (Å²) in [7, 11) is 0. The second-order valence-electron chi connectivity index (χ2n) is 8.10. The van der Waals surface area contributed by atoms with Crippen molar-refractivity contribution in [3.8, 4) is 0 Å². The van der Waals surface area contributed by atoms with E-state index in [-0.39, 0.29) is 18.4 Å². The summed E-state index contributed by atoms with van der Waals surface area (Å²) in [6.45, 7) is 7.39. The number of carbonyl (C=O) groups excluding carboxylic acids is 2. The lowest BCUT2D eigenvalue weighted by atomic mass is 9.97. The molecule has 0 fully saturated rings. The number of likely N-dealkylation sites (N-methyl/N-ethyl adjacent to an activating group) is 1. The molecule has 4 rings (SSSR count). The van der Waals surface area contributed by atoms with Gasteiger partial charge in [0.1, 0.15) is 5.70 Å². The highest BCUT2D eigenvalue weighted by molar-refractivity contribution is 6.35. The Hall–Kier alpha value is -3.73. The van der Waals surface area contributed by atoms with Crippen LogP contribution in [0.2, 0.25) is 0 Å². The van der Waals surface area contributed by atoms with Crippen LogP contribution in [0, 0.1) is 13.8 Å². The molecule has 0 saturated carbocycles. The average Bonchev–Trinajstić information content (AvgIpc) is 3.03. The molecule has 0 radical (unpaired) electrons. The van der Waals surface area contributed by atoms with Crippen molar-refractivity contribution in [3.05, 3.63) is 107 Å². The van der Waals surface area contributed by atoms with Crippen LogP contribution in [-0.2, 0) is 22.7 Å². The van der Waals surface area contributed by atoms with Crippen LogP contribution in [-0.4, -0.2) is 33.1 Å². The molecule has 5 nitrogen and oxygen atoms in total. The highest BCUT2D eigenvalue weighted by Crippen LogP contribution is 2.35. The van der Waals surface area contributed by atoms with Crippen LogP contribution in [0.1, 0.15) is 34.7 Å². The van der Waals surface area contributed by atoms with Crippen LogP contribution in [0.3, 0.4) is 0 Å². The van der Waals surface area contributed by atoms with E-state index in [0.717, 1.165) is 27.8 Å². The molecule has 0 saturated heterocycles. The van der Waals surface area contributed by atoms with Gasteiger partial charge >= 0.3 is 0 Å². The molecular weight excluding hydrogens is 398 g/mol. The number of carbonyl (C=O) groups is 2. The van der Waals surface area contributed by atoms with Gasteiger partial charge in [0.15, 0.2) is 0 Å². The molecular formula is C27H27N3O2. The Bertz CT molecular complexity index is 1170. The van der Waals surface area contributed by atoms with Crippen LogP contribution < -0.4 is 0 Å². The summed E-state index contributed by atoms with van der Waals surface area (Å²) in [4.78, 5) is 34.8. The van der Waals surface area contributed by atoms with E-state index in [4.69, 9.17) is 0 Å². The van der Waals surface area contributed by atoms with E-state index >= 15 is 0 Å². The Labute approximate surface area is 189 Å². The molecule has 162 valence electrons. The fraction of sp³-hybridized carbons (Fsp3) is 0.222. The molecule has 0 spiro atoms. The lowest BCUT2D eigenvalue weighted by Gasteiger charge is -2.25. The van der Waals surface area contributed by atoms with Crippen LogP contribution in [0.4, 0.5) is 0 Å². The van der Waals surface area contributed by atoms with Crippen molar-refractivity contribution in [2.24, 2.45) is 0 Å². The van der Waals surface area contributed by atoms with Gasteiger partial charge in [-0.2, -0.15) is 0 Å². The van der Waals surface area contributed by atoms with Crippen molar-refractivity contribution >= 4 is 17.4 Å². The van der Waals surface area contributed by atoms with Gasteiger partial charge in [0.05, 0.1) is 12.1 Å². The number of nitrogens with zero attached hydrogens (tertiary/aromatic N) is 3. The van der Waals surface area contributed by atoms with Crippen molar-refractivity contribution < 1.29 is 9.59 Å². The first-order chi connectivity index (χ1) is 15.5. The zero-order valence-corrected chi connectivity index (χ0v) is 18.7. The molecule has 0 aliphatic carbocycles. The molecule has 0 unspecified atom stereocenters. The van der Waals surface area contributed by atoms with E-state index in [2.05, 4.69) is 11.1 Å². The van der Waals surface area contributed by atoms with Gasteiger partial charge in [-0.25, -0.2) is 0 Å². The van der Waals surface area contributed by atoms with E-state index in [0.29, 0.717) is 24.4 Å². The van der Waals surface area contributed by atoms with Gasteiger partial charge in [-0.1, -0.05) is 60.2 Å². The predicted molar refractivity (Wildman–Crippen MR) is 125 cm³/mol. The Morgan fingerprint density at radius 3 is 2.31 bits per heavy atom.